The first-order valence-electron chi connectivity index (χ1n) is 9.01. The second-order valence-electron chi connectivity index (χ2n) is 6.99. The van der Waals surface area contributed by atoms with Crippen molar-refractivity contribution in [2.45, 2.75) is 26.7 Å². The molecule has 3 rings (SSSR count). The van der Waals surface area contributed by atoms with Crippen LogP contribution in [0.25, 0.3) is 11.0 Å². The molecule has 7 heteroatoms. The number of rotatable bonds is 4. The number of fused-ring (bicyclic) bond motifs is 1. The number of hydrogen-bond donors (Lipinski definition) is 1. The lowest BCUT2D eigenvalue weighted by Crippen LogP contribution is -2.42. The molecule has 144 valence electrons. The number of nitrogens with zero attached hydrogens (tertiary/aromatic N) is 1. The van der Waals surface area contributed by atoms with Crippen molar-refractivity contribution < 1.29 is 18.7 Å². The summed E-state index contributed by atoms with van der Waals surface area (Å²) in [6.07, 6.45) is 1.25. The number of methoxy groups -OCH3 is 1. The summed E-state index contributed by atoms with van der Waals surface area (Å²) in [5, 5.41) is 3.80. The van der Waals surface area contributed by atoms with E-state index in [9.17, 15) is 14.4 Å². The Hall–Kier alpha value is -2.67. The molecule has 2 heterocycles. The maximum Gasteiger partial charge on any atom is 0.336 e. The monoisotopic (exact) mass is 372 g/mol. The first-order chi connectivity index (χ1) is 12.9. The Morgan fingerprint density at radius 1 is 1.19 bits per heavy atom. The van der Waals surface area contributed by atoms with Crippen molar-refractivity contribution in [3.63, 3.8) is 0 Å². The van der Waals surface area contributed by atoms with Crippen LogP contribution in [0.15, 0.2) is 27.4 Å². The normalized spacial score (nSPS) is 15.1. The van der Waals surface area contributed by atoms with Gasteiger partial charge in [-0.2, -0.15) is 0 Å². The Morgan fingerprint density at radius 3 is 2.56 bits per heavy atom. The fourth-order valence-electron chi connectivity index (χ4n) is 3.44. The minimum Gasteiger partial charge on any atom is -0.423 e. The smallest absolute Gasteiger partial charge is 0.336 e. The van der Waals surface area contributed by atoms with E-state index in [1.54, 1.807) is 11.0 Å². The summed E-state index contributed by atoms with van der Waals surface area (Å²) in [5.74, 6) is -0.230. The lowest BCUT2D eigenvalue weighted by Gasteiger charge is -2.31. The van der Waals surface area contributed by atoms with Gasteiger partial charge < -0.3 is 19.4 Å². The maximum absolute atomic E-state index is 12.7. The average Bonchev–Trinajstić information content (AvgIpc) is 2.63. The molecule has 0 unspecified atom stereocenters. The molecule has 0 aliphatic carbocycles. The van der Waals surface area contributed by atoms with Crippen LogP contribution in [-0.2, 0) is 14.3 Å². The van der Waals surface area contributed by atoms with Gasteiger partial charge in [0, 0.05) is 43.3 Å². The van der Waals surface area contributed by atoms with Gasteiger partial charge in [0.25, 0.3) is 0 Å². The molecule has 0 saturated carbocycles. The molecule has 0 atom stereocenters. The fraction of sp³-hybridized carbons (Fsp3) is 0.450. The molecule has 7 nitrogen and oxygen atoms in total. The highest BCUT2D eigenvalue weighted by atomic mass is 16.5. The van der Waals surface area contributed by atoms with Crippen molar-refractivity contribution in [2.75, 3.05) is 32.1 Å². The number of benzene rings is 1. The summed E-state index contributed by atoms with van der Waals surface area (Å²) >= 11 is 0. The highest BCUT2D eigenvalue weighted by Gasteiger charge is 2.27. The van der Waals surface area contributed by atoms with Crippen molar-refractivity contribution >= 4 is 28.5 Å². The lowest BCUT2D eigenvalue weighted by atomic mass is 9.95. The van der Waals surface area contributed by atoms with Crippen LogP contribution >= 0.6 is 0 Å². The summed E-state index contributed by atoms with van der Waals surface area (Å²) < 4.78 is 10.1. The van der Waals surface area contributed by atoms with E-state index >= 15 is 0 Å². The number of carbonyl (C=O) groups excluding carboxylic acids is 2. The Kier molecular flexibility index (Phi) is 5.60. The van der Waals surface area contributed by atoms with Gasteiger partial charge in [-0.15, -0.1) is 0 Å². The lowest BCUT2D eigenvalue weighted by molar-refractivity contribution is -0.138. The van der Waals surface area contributed by atoms with E-state index in [1.807, 2.05) is 19.9 Å². The molecule has 1 fully saturated rings. The quantitative estimate of drug-likeness (QED) is 0.832. The van der Waals surface area contributed by atoms with Crippen molar-refractivity contribution in [2.24, 2.45) is 5.92 Å². The molecule has 0 radical (unpaired) electrons. The van der Waals surface area contributed by atoms with Gasteiger partial charge in [-0.25, -0.2) is 4.79 Å². The van der Waals surface area contributed by atoms with Crippen LogP contribution < -0.4 is 10.9 Å². The Morgan fingerprint density at radius 2 is 1.89 bits per heavy atom. The summed E-state index contributed by atoms with van der Waals surface area (Å²) in [5.41, 5.74) is 2.48. The van der Waals surface area contributed by atoms with Crippen molar-refractivity contribution in [1.82, 2.24) is 4.90 Å². The zero-order chi connectivity index (χ0) is 19.6. The molecule has 0 spiro atoms. The van der Waals surface area contributed by atoms with Gasteiger partial charge >= 0.3 is 5.63 Å². The van der Waals surface area contributed by atoms with E-state index in [4.69, 9.17) is 9.15 Å². The zero-order valence-corrected chi connectivity index (χ0v) is 15.8. The van der Waals surface area contributed by atoms with Gasteiger partial charge in [-0.05, 0) is 49.9 Å². The van der Waals surface area contributed by atoms with Gasteiger partial charge in [-0.1, -0.05) is 0 Å². The minimum atomic E-state index is -0.383. The van der Waals surface area contributed by atoms with Crippen LogP contribution in [-0.4, -0.2) is 43.5 Å². The van der Waals surface area contributed by atoms with E-state index in [-0.39, 0.29) is 30.0 Å². The summed E-state index contributed by atoms with van der Waals surface area (Å²) in [4.78, 5) is 37.8. The Labute approximate surface area is 157 Å². The number of aryl methyl sites for hydroxylation is 2. The molecular weight excluding hydrogens is 348 g/mol. The number of ether oxygens (including phenoxy) is 1. The third-order valence-electron chi connectivity index (χ3n) is 5.04. The average molecular weight is 372 g/mol. The Balaban J connectivity index is 1.70. The van der Waals surface area contributed by atoms with Crippen molar-refractivity contribution in [3.8, 4) is 0 Å². The van der Waals surface area contributed by atoms with Gasteiger partial charge in [-0.3, -0.25) is 9.59 Å². The van der Waals surface area contributed by atoms with E-state index in [0.717, 1.165) is 16.5 Å². The van der Waals surface area contributed by atoms with E-state index in [2.05, 4.69) is 5.32 Å². The minimum absolute atomic E-state index is 0.0429. The van der Waals surface area contributed by atoms with Crippen LogP contribution in [0.1, 0.15) is 24.0 Å². The third kappa shape index (κ3) is 4.19. The Bertz CT molecular complexity index is 926. The van der Waals surface area contributed by atoms with Crippen LogP contribution in [0.2, 0.25) is 0 Å². The highest BCUT2D eigenvalue weighted by molar-refractivity contribution is 5.96. The second-order valence-corrected chi connectivity index (χ2v) is 6.99. The van der Waals surface area contributed by atoms with Gasteiger partial charge in [0.2, 0.25) is 11.8 Å². The van der Waals surface area contributed by atoms with Crippen molar-refractivity contribution in [3.05, 3.63) is 39.7 Å². The summed E-state index contributed by atoms with van der Waals surface area (Å²) in [6, 6.07) is 5.06. The molecular formula is C20H24N2O5. The van der Waals surface area contributed by atoms with Crippen LogP contribution in [0.4, 0.5) is 5.69 Å². The number of carbonyl (C=O) groups is 2. The molecule has 27 heavy (non-hydrogen) atoms. The number of likely N-dealkylation sites (tertiary alicyclic amines) is 1. The maximum atomic E-state index is 12.7. The molecule has 2 amide bonds. The number of hydrogen-bond acceptors (Lipinski definition) is 5. The SMILES string of the molecule is COCC(=O)N1CCC(C(=O)Nc2cc3c(C)cc(=O)oc3cc2C)CC1. The molecule has 1 saturated heterocycles. The molecule has 0 bridgehead atoms. The fourth-order valence-corrected chi connectivity index (χ4v) is 3.44. The second kappa shape index (κ2) is 7.92. The van der Waals surface area contributed by atoms with Crippen LogP contribution in [0.5, 0.6) is 0 Å². The molecule has 1 aromatic heterocycles. The predicted molar refractivity (Wildman–Crippen MR) is 102 cm³/mol. The number of amides is 2. The van der Waals surface area contributed by atoms with Gasteiger partial charge in [0.05, 0.1) is 0 Å². The van der Waals surface area contributed by atoms with Gasteiger partial charge in [0.15, 0.2) is 0 Å². The molecule has 1 aliphatic rings. The molecule has 1 aromatic carbocycles. The van der Waals surface area contributed by atoms with Crippen LogP contribution in [0.3, 0.4) is 0 Å². The molecule has 1 aliphatic heterocycles. The van der Waals surface area contributed by atoms with E-state index in [0.29, 0.717) is 37.2 Å². The predicted octanol–water partition coefficient (Wildman–Crippen LogP) is 2.23. The highest BCUT2D eigenvalue weighted by Crippen LogP contribution is 2.26. The topological polar surface area (TPSA) is 88.9 Å². The van der Waals surface area contributed by atoms with Gasteiger partial charge in [0.1, 0.15) is 12.2 Å². The first kappa shape index (κ1) is 19.1. The standard InChI is InChI=1S/C20H24N2O5/c1-12-9-19(24)27-17-8-13(2)16(10-15(12)17)21-20(25)14-4-6-22(7-5-14)18(23)11-26-3/h8-10,14H,4-7,11H2,1-3H3,(H,21,25). The van der Waals surface area contributed by atoms with Crippen molar-refractivity contribution in [1.29, 1.82) is 0 Å². The zero-order valence-electron chi connectivity index (χ0n) is 15.8. The molecule has 2 aromatic rings. The van der Waals surface area contributed by atoms with E-state index < -0.39 is 0 Å². The summed E-state index contributed by atoms with van der Waals surface area (Å²) in [7, 11) is 1.50. The first-order valence-corrected chi connectivity index (χ1v) is 9.01. The van der Waals surface area contributed by atoms with Crippen LogP contribution in [0, 0.1) is 19.8 Å². The number of nitrogens with one attached hydrogen (secondary N) is 1. The third-order valence-corrected chi connectivity index (χ3v) is 5.04. The number of anilines is 1. The molecule has 1 N–H and O–H groups in total. The van der Waals surface area contributed by atoms with E-state index in [1.165, 1.54) is 13.2 Å². The number of piperidine rings is 1. The summed E-state index contributed by atoms with van der Waals surface area (Å²) in [6.45, 7) is 4.89. The largest absolute Gasteiger partial charge is 0.423 e.